The number of benzene rings is 1. The lowest BCUT2D eigenvalue weighted by Gasteiger charge is -2.25. The number of aryl methyl sites for hydroxylation is 1. The molecule has 0 bridgehead atoms. The second-order valence-corrected chi connectivity index (χ2v) is 6.92. The molecule has 140 valence electrons. The number of likely N-dealkylation sites (tertiary alicyclic amines) is 1. The zero-order valence-corrected chi connectivity index (χ0v) is 15.7. The van der Waals surface area contributed by atoms with Crippen LogP contribution in [0.25, 0.3) is 5.76 Å². The van der Waals surface area contributed by atoms with Crippen LogP contribution in [0, 0.1) is 6.92 Å². The molecule has 6 heteroatoms. The molecular weight excluding hydrogens is 342 g/mol. The van der Waals surface area contributed by atoms with E-state index in [9.17, 15) is 14.7 Å². The molecule has 1 aromatic heterocycles. The van der Waals surface area contributed by atoms with Crippen LogP contribution in [-0.2, 0) is 9.59 Å². The second-order valence-electron chi connectivity index (χ2n) is 6.92. The van der Waals surface area contributed by atoms with Gasteiger partial charge in [-0.05, 0) is 33.2 Å². The number of aliphatic hydroxyl groups is 1. The summed E-state index contributed by atoms with van der Waals surface area (Å²) in [5, 5.41) is 10.9. The van der Waals surface area contributed by atoms with E-state index < -0.39 is 17.7 Å². The summed E-state index contributed by atoms with van der Waals surface area (Å²) in [6, 6.07) is 11.8. The Morgan fingerprint density at radius 3 is 2.44 bits per heavy atom. The molecule has 1 aliphatic rings. The maximum atomic E-state index is 12.8. The highest BCUT2D eigenvalue weighted by atomic mass is 16.3. The summed E-state index contributed by atoms with van der Waals surface area (Å²) in [4.78, 5) is 33.2. The van der Waals surface area contributed by atoms with Crippen LogP contribution in [0.3, 0.4) is 0 Å². The number of likely N-dealkylation sites (N-methyl/N-ethyl adjacent to an activating group) is 1. The van der Waals surface area contributed by atoms with Gasteiger partial charge < -0.3 is 14.9 Å². The average Bonchev–Trinajstić information content (AvgIpc) is 2.91. The topological polar surface area (TPSA) is 73.7 Å². The highest BCUT2D eigenvalue weighted by Gasteiger charge is 2.46. The molecule has 0 spiro atoms. The summed E-state index contributed by atoms with van der Waals surface area (Å²) in [6.45, 7) is 2.91. The number of aliphatic hydroxyl groups excluding tert-OH is 1. The van der Waals surface area contributed by atoms with E-state index >= 15 is 0 Å². The smallest absolute Gasteiger partial charge is 0.295 e. The van der Waals surface area contributed by atoms with Crippen LogP contribution in [0.5, 0.6) is 0 Å². The van der Waals surface area contributed by atoms with Gasteiger partial charge in [0.25, 0.3) is 11.7 Å². The normalized spacial score (nSPS) is 19.1. The van der Waals surface area contributed by atoms with Gasteiger partial charge in [-0.1, -0.05) is 35.9 Å². The van der Waals surface area contributed by atoms with Crippen molar-refractivity contribution >= 4 is 17.4 Å². The highest BCUT2D eigenvalue weighted by Crippen LogP contribution is 2.38. The predicted molar refractivity (Wildman–Crippen MR) is 103 cm³/mol. The van der Waals surface area contributed by atoms with Crippen LogP contribution in [0.1, 0.15) is 22.9 Å². The fraction of sp³-hybridized carbons (Fsp3) is 0.286. The second kappa shape index (κ2) is 7.72. The van der Waals surface area contributed by atoms with E-state index in [0.717, 1.165) is 5.56 Å². The molecular formula is C21H23N3O3. The minimum atomic E-state index is -0.701. The quantitative estimate of drug-likeness (QED) is 0.500. The van der Waals surface area contributed by atoms with Gasteiger partial charge in [0.15, 0.2) is 0 Å². The number of nitrogens with zero attached hydrogens (tertiary/aromatic N) is 3. The van der Waals surface area contributed by atoms with E-state index in [2.05, 4.69) is 4.98 Å². The molecule has 1 amide bonds. The fourth-order valence-corrected chi connectivity index (χ4v) is 3.13. The number of rotatable bonds is 5. The number of hydrogen-bond donors (Lipinski definition) is 1. The average molecular weight is 365 g/mol. The predicted octanol–water partition coefficient (Wildman–Crippen LogP) is 2.37. The summed E-state index contributed by atoms with van der Waals surface area (Å²) < 4.78 is 0. The van der Waals surface area contributed by atoms with Gasteiger partial charge in [-0.15, -0.1) is 0 Å². The van der Waals surface area contributed by atoms with Gasteiger partial charge in [-0.2, -0.15) is 0 Å². The number of carbonyl (C=O) groups excluding carboxylic acids is 2. The van der Waals surface area contributed by atoms with Crippen molar-refractivity contribution in [3.05, 3.63) is 71.1 Å². The monoisotopic (exact) mass is 365 g/mol. The summed E-state index contributed by atoms with van der Waals surface area (Å²) >= 11 is 0. The van der Waals surface area contributed by atoms with Gasteiger partial charge in [-0.3, -0.25) is 14.6 Å². The molecule has 3 rings (SSSR count). The van der Waals surface area contributed by atoms with E-state index in [1.54, 1.807) is 36.5 Å². The SMILES string of the molecule is Cc1ccc(/C(O)=C2/C(=O)C(=O)N(CCN(C)C)C2c2ccccn2)cc1. The van der Waals surface area contributed by atoms with Crippen molar-refractivity contribution < 1.29 is 14.7 Å². The van der Waals surface area contributed by atoms with Gasteiger partial charge in [0.05, 0.1) is 11.3 Å². The lowest BCUT2D eigenvalue weighted by Crippen LogP contribution is -2.35. The Labute approximate surface area is 158 Å². The summed E-state index contributed by atoms with van der Waals surface area (Å²) in [7, 11) is 3.80. The lowest BCUT2D eigenvalue weighted by molar-refractivity contribution is -0.140. The molecule has 2 aromatic rings. The van der Waals surface area contributed by atoms with Gasteiger partial charge >= 0.3 is 0 Å². The Morgan fingerprint density at radius 1 is 1.15 bits per heavy atom. The Balaban J connectivity index is 2.12. The maximum absolute atomic E-state index is 12.8. The molecule has 2 heterocycles. The first-order valence-corrected chi connectivity index (χ1v) is 8.81. The standard InChI is InChI=1S/C21H23N3O3/c1-14-7-9-15(10-8-14)19(25)17-18(16-6-4-5-11-22-16)24(13-12-23(2)3)21(27)20(17)26/h4-11,18,25H,12-13H2,1-3H3/b19-17-. The van der Waals surface area contributed by atoms with Crippen molar-refractivity contribution in [3.8, 4) is 0 Å². The van der Waals surface area contributed by atoms with Crippen LogP contribution >= 0.6 is 0 Å². The minimum absolute atomic E-state index is 0.0845. The third-order valence-corrected chi connectivity index (χ3v) is 4.62. The van der Waals surface area contributed by atoms with Gasteiger partial charge in [0.1, 0.15) is 11.8 Å². The molecule has 0 aliphatic carbocycles. The summed E-state index contributed by atoms with van der Waals surface area (Å²) in [6.07, 6.45) is 1.62. The van der Waals surface area contributed by atoms with Gasteiger partial charge in [0, 0.05) is 24.8 Å². The van der Waals surface area contributed by atoms with E-state index in [4.69, 9.17) is 0 Å². The van der Waals surface area contributed by atoms with Crippen molar-refractivity contribution in [3.63, 3.8) is 0 Å². The lowest BCUT2D eigenvalue weighted by atomic mass is 9.98. The largest absolute Gasteiger partial charge is 0.507 e. The number of ketones is 1. The third-order valence-electron chi connectivity index (χ3n) is 4.62. The Hall–Kier alpha value is -2.99. The fourth-order valence-electron chi connectivity index (χ4n) is 3.13. The van der Waals surface area contributed by atoms with Crippen LogP contribution in [0.2, 0.25) is 0 Å². The molecule has 1 aromatic carbocycles. The van der Waals surface area contributed by atoms with E-state index in [-0.39, 0.29) is 11.3 Å². The van der Waals surface area contributed by atoms with Gasteiger partial charge in [0.2, 0.25) is 0 Å². The summed E-state index contributed by atoms with van der Waals surface area (Å²) in [5.74, 6) is -1.46. The van der Waals surface area contributed by atoms with Crippen molar-refractivity contribution in [2.24, 2.45) is 0 Å². The van der Waals surface area contributed by atoms with Crippen LogP contribution < -0.4 is 0 Å². The first-order valence-electron chi connectivity index (χ1n) is 8.81. The molecule has 0 radical (unpaired) electrons. The zero-order chi connectivity index (χ0) is 19.6. The van der Waals surface area contributed by atoms with Crippen LogP contribution in [0.4, 0.5) is 0 Å². The van der Waals surface area contributed by atoms with Crippen LogP contribution in [0.15, 0.2) is 54.2 Å². The van der Waals surface area contributed by atoms with E-state index in [1.807, 2.05) is 38.1 Å². The molecule has 27 heavy (non-hydrogen) atoms. The molecule has 1 saturated heterocycles. The Kier molecular flexibility index (Phi) is 5.37. The molecule has 1 fully saturated rings. The Morgan fingerprint density at radius 2 is 1.85 bits per heavy atom. The summed E-state index contributed by atoms with van der Waals surface area (Å²) in [5.41, 5.74) is 2.19. The van der Waals surface area contributed by atoms with Crippen molar-refractivity contribution in [2.45, 2.75) is 13.0 Å². The van der Waals surface area contributed by atoms with Crippen molar-refractivity contribution in [2.75, 3.05) is 27.2 Å². The van der Waals surface area contributed by atoms with Gasteiger partial charge in [-0.25, -0.2) is 0 Å². The number of hydrogen-bond acceptors (Lipinski definition) is 5. The van der Waals surface area contributed by atoms with Crippen molar-refractivity contribution in [1.82, 2.24) is 14.8 Å². The molecule has 1 unspecified atom stereocenters. The number of aromatic nitrogens is 1. The van der Waals surface area contributed by atoms with Crippen molar-refractivity contribution in [1.29, 1.82) is 0 Å². The first-order chi connectivity index (χ1) is 12.9. The number of pyridine rings is 1. The zero-order valence-electron chi connectivity index (χ0n) is 15.7. The number of carbonyl (C=O) groups is 2. The van der Waals surface area contributed by atoms with E-state index in [1.165, 1.54) is 4.90 Å². The molecule has 0 saturated carbocycles. The minimum Gasteiger partial charge on any atom is -0.507 e. The molecule has 1 N–H and O–H groups in total. The molecule has 6 nitrogen and oxygen atoms in total. The Bertz CT molecular complexity index is 873. The first kappa shape index (κ1) is 18.8. The molecule has 1 aliphatic heterocycles. The highest BCUT2D eigenvalue weighted by molar-refractivity contribution is 6.46. The van der Waals surface area contributed by atoms with Crippen LogP contribution in [-0.4, -0.2) is 58.8 Å². The van der Waals surface area contributed by atoms with E-state index in [0.29, 0.717) is 24.3 Å². The maximum Gasteiger partial charge on any atom is 0.295 e. The third kappa shape index (κ3) is 3.75. The number of Topliss-reactive ketones (excluding diaryl/α,β-unsaturated/α-hetero) is 1. The number of amides is 1. The molecule has 1 atom stereocenters.